The minimum absolute atomic E-state index is 0.0117. The molecule has 4 nitrogen and oxygen atoms in total. The molecule has 0 aliphatic heterocycles. The van der Waals surface area contributed by atoms with E-state index in [0.29, 0.717) is 12.4 Å². The van der Waals surface area contributed by atoms with Crippen LogP contribution in [-0.2, 0) is 0 Å². The number of urea groups is 1. The molecule has 0 bridgehead atoms. The predicted octanol–water partition coefficient (Wildman–Crippen LogP) is 4.09. The van der Waals surface area contributed by atoms with Crippen molar-refractivity contribution in [1.29, 1.82) is 0 Å². The predicted molar refractivity (Wildman–Crippen MR) is 70.3 cm³/mol. The zero-order chi connectivity index (χ0) is 17.9. The van der Waals surface area contributed by atoms with Gasteiger partial charge in [0.25, 0.3) is 0 Å². The van der Waals surface area contributed by atoms with E-state index in [9.17, 15) is 31.1 Å². The van der Waals surface area contributed by atoms with Crippen molar-refractivity contribution in [3.8, 4) is 5.75 Å². The van der Waals surface area contributed by atoms with Crippen LogP contribution in [0.3, 0.4) is 0 Å². The van der Waals surface area contributed by atoms with Crippen LogP contribution in [0.15, 0.2) is 24.3 Å². The molecule has 0 saturated carbocycles. The van der Waals surface area contributed by atoms with Gasteiger partial charge in [-0.25, -0.2) is 4.79 Å². The van der Waals surface area contributed by atoms with Gasteiger partial charge in [0, 0.05) is 5.69 Å². The summed E-state index contributed by atoms with van der Waals surface area (Å²) in [4.78, 5) is 11.5. The third-order valence-electron chi connectivity index (χ3n) is 2.92. The largest absolute Gasteiger partial charge is 0.494 e. The quantitative estimate of drug-likeness (QED) is 0.809. The van der Waals surface area contributed by atoms with Crippen molar-refractivity contribution in [2.24, 2.45) is 0 Å². The molecule has 10 heteroatoms. The van der Waals surface area contributed by atoms with Crippen molar-refractivity contribution in [1.82, 2.24) is 5.32 Å². The topological polar surface area (TPSA) is 50.4 Å². The molecule has 0 aliphatic carbocycles. The van der Waals surface area contributed by atoms with Crippen LogP contribution < -0.4 is 15.4 Å². The number of ether oxygens (including phenoxy) is 1. The maximum atomic E-state index is 12.7. The number of hydrogen-bond acceptors (Lipinski definition) is 2. The van der Waals surface area contributed by atoms with Crippen LogP contribution in [0, 0.1) is 0 Å². The fourth-order valence-corrected chi connectivity index (χ4v) is 1.49. The average molecular weight is 344 g/mol. The van der Waals surface area contributed by atoms with Crippen molar-refractivity contribution < 1.29 is 35.9 Å². The zero-order valence-electron chi connectivity index (χ0n) is 12.1. The molecular weight excluding hydrogens is 330 g/mol. The Morgan fingerprint density at radius 1 is 1.04 bits per heavy atom. The van der Waals surface area contributed by atoms with Gasteiger partial charge in [0.05, 0.1) is 6.61 Å². The minimum Gasteiger partial charge on any atom is -0.494 e. The lowest BCUT2D eigenvalue weighted by Gasteiger charge is -2.34. The van der Waals surface area contributed by atoms with E-state index in [2.05, 4.69) is 0 Å². The number of halogens is 6. The van der Waals surface area contributed by atoms with E-state index in [1.807, 2.05) is 5.32 Å². The summed E-state index contributed by atoms with van der Waals surface area (Å²) in [5.41, 5.74) is -4.35. The molecule has 0 radical (unpaired) electrons. The molecule has 1 aromatic carbocycles. The second-order valence-corrected chi connectivity index (χ2v) is 4.66. The molecule has 0 spiro atoms. The monoisotopic (exact) mass is 344 g/mol. The molecule has 0 saturated heterocycles. The van der Waals surface area contributed by atoms with Gasteiger partial charge in [0.2, 0.25) is 5.54 Å². The molecule has 23 heavy (non-hydrogen) atoms. The van der Waals surface area contributed by atoms with Gasteiger partial charge in [0.15, 0.2) is 0 Å². The van der Waals surface area contributed by atoms with Gasteiger partial charge in [-0.1, -0.05) is 0 Å². The standard InChI is InChI=1S/C13H14F6N2O2/c1-3-23-9-6-4-8(5-7-9)20-10(22)21-11(2,12(14,15)16)13(17,18)19/h4-7H,3H2,1-2H3,(H2,20,21,22). The Bertz CT molecular complexity index is 525. The van der Waals surface area contributed by atoms with E-state index < -0.39 is 23.9 Å². The highest BCUT2D eigenvalue weighted by Crippen LogP contribution is 2.42. The van der Waals surface area contributed by atoms with Crippen molar-refractivity contribution in [3.63, 3.8) is 0 Å². The maximum absolute atomic E-state index is 12.7. The molecule has 0 heterocycles. The van der Waals surface area contributed by atoms with Crippen LogP contribution in [-0.4, -0.2) is 30.5 Å². The van der Waals surface area contributed by atoms with Crippen molar-refractivity contribution >= 4 is 11.7 Å². The normalized spacial score (nSPS) is 12.7. The molecule has 2 N–H and O–H groups in total. The molecular formula is C13H14F6N2O2. The van der Waals surface area contributed by atoms with Crippen LogP contribution >= 0.6 is 0 Å². The van der Waals surface area contributed by atoms with Crippen LogP contribution in [0.1, 0.15) is 13.8 Å². The summed E-state index contributed by atoms with van der Waals surface area (Å²) in [6.07, 6.45) is -11.4. The lowest BCUT2D eigenvalue weighted by molar-refractivity contribution is -0.297. The molecule has 130 valence electrons. The Hall–Kier alpha value is -2.13. The van der Waals surface area contributed by atoms with Crippen LogP contribution in [0.4, 0.5) is 36.8 Å². The number of benzene rings is 1. The maximum Gasteiger partial charge on any atom is 0.420 e. The fourth-order valence-electron chi connectivity index (χ4n) is 1.49. The number of carbonyl (C=O) groups is 1. The van der Waals surface area contributed by atoms with Crippen molar-refractivity contribution in [2.45, 2.75) is 31.7 Å². The van der Waals surface area contributed by atoms with Gasteiger partial charge >= 0.3 is 18.4 Å². The molecule has 1 aromatic rings. The number of carbonyl (C=O) groups excluding carboxylic acids is 1. The molecule has 1 rings (SSSR count). The molecule has 0 unspecified atom stereocenters. The number of rotatable bonds is 4. The first kappa shape index (κ1) is 18.9. The Balaban J connectivity index is 2.85. The van der Waals surface area contributed by atoms with Gasteiger partial charge in [-0.2, -0.15) is 26.3 Å². The molecule has 0 aromatic heterocycles. The van der Waals surface area contributed by atoms with E-state index in [-0.39, 0.29) is 12.6 Å². The lowest BCUT2D eigenvalue weighted by Crippen LogP contribution is -2.66. The van der Waals surface area contributed by atoms with E-state index >= 15 is 0 Å². The van der Waals surface area contributed by atoms with E-state index in [1.165, 1.54) is 24.3 Å². The minimum atomic E-state index is -5.71. The summed E-state index contributed by atoms with van der Waals surface area (Å²) in [6.45, 7) is 1.96. The number of hydrogen-bond donors (Lipinski definition) is 2. The number of amides is 2. The smallest absolute Gasteiger partial charge is 0.420 e. The number of alkyl halides is 6. The number of anilines is 1. The van der Waals surface area contributed by atoms with Crippen molar-refractivity contribution in [2.75, 3.05) is 11.9 Å². The summed E-state index contributed by atoms with van der Waals surface area (Å²) in [6, 6.07) is 3.75. The Morgan fingerprint density at radius 2 is 1.52 bits per heavy atom. The van der Waals surface area contributed by atoms with Gasteiger partial charge in [0.1, 0.15) is 5.75 Å². The van der Waals surface area contributed by atoms with Gasteiger partial charge in [-0.15, -0.1) is 0 Å². The average Bonchev–Trinajstić information content (AvgIpc) is 2.38. The SMILES string of the molecule is CCOc1ccc(NC(=O)NC(C)(C(F)(F)F)C(F)(F)F)cc1. The van der Waals surface area contributed by atoms with Crippen molar-refractivity contribution in [3.05, 3.63) is 24.3 Å². The van der Waals surface area contributed by atoms with E-state index in [1.54, 1.807) is 6.92 Å². The summed E-state index contributed by atoms with van der Waals surface area (Å²) in [5, 5.41) is 2.84. The third kappa shape index (κ3) is 4.42. The van der Waals surface area contributed by atoms with Crippen LogP contribution in [0.25, 0.3) is 0 Å². The van der Waals surface area contributed by atoms with Gasteiger partial charge in [-0.05, 0) is 38.1 Å². The first-order valence-electron chi connectivity index (χ1n) is 6.36. The highest BCUT2D eigenvalue weighted by atomic mass is 19.4. The second-order valence-electron chi connectivity index (χ2n) is 4.66. The second kappa shape index (κ2) is 6.55. The molecule has 0 fully saturated rings. The molecule has 0 atom stereocenters. The van der Waals surface area contributed by atoms with E-state index in [4.69, 9.17) is 4.74 Å². The van der Waals surface area contributed by atoms with Crippen LogP contribution in [0.2, 0.25) is 0 Å². The highest BCUT2D eigenvalue weighted by molar-refractivity contribution is 5.90. The fraction of sp³-hybridized carbons (Fsp3) is 0.462. The van der Waals surface area contributed by atoms with Gasteiger partial charge < -0.3 is 15.4 Å². The summed E-state index contributed by atoms with van der Waals surface area (Å²) in [5.74, 6) is 0.439. The summed E-state index contributed by atoms with van der Waals surface area (Å²) < 4.78 is 81.1. The van der Waals surface area contributed by atoms with Crippen LogP contribution in [0.5, 0.6) is 5.75 Å². The summed E-state index contributed by atoms with van der Waals surface area (Å²) in [7, 11) is 0. The molecule has 0 aliphatic rings. The number of nitrogens with one attached hydrogen (secondary N) is 2. The summed E-state index contributed by atoms with van der Waals surface area (Å²) >= 11 is 0. The van der Waals surface area contributed by atoms with E-state index in [0.717, 1.165) is 5.32 Å². The molecule has 2 amide bonds. The highest BCUT2D eigenvalue weighted by Gasteiger charge is 2.68. The Kier molecular flexibility index (Phi) is 5.39. The zero-order valence-corrected chi connectivity index (χ0v) is 12.1. The Morgan fingerprint density at radius 3 is 1.91 bits per heavy atom. The first-order chi connectivity index (χ1) is 10.4. The lowest BCUT2D eigenvalue weighted by atomic mass is 10.0. The Labute approximate surface area is 127 Å². The van der Waals surface area contributed by atoms with Gasteiger partial charge in [-0.3, -0.25) is 0 Å². The first-order valence-corrected chi connectivity index (χ1v) is 6.36. The third-order valence-corrected chi connectivity index (χ3v) is 2.92.